The van der Waals surface area contributed by atoms with Gasteiger partial charge in [-0.3, -0.25) is 4.90 Å². The predicted molar refractivity (Wildman–Crippen MR) is 87.3 cm³/mol. The first-order valence-corrected chi connectivity index (χ1v) is 9.97. The van der Waals surface area contributed by atoms with Gasteiger partial charge in [0.25, 0.3) is 0 Å². The number of thiocarbonyl (C=S) groups is 1. The highest BCUT2D eigenvalue weighted by atomic mass is 32.2. The average Bonchev–Trinajstić information content (AvgIpc) is 2.27. The zero-order chi connectivity index (χ0) is 14.7. The van der Waals surface area contributed by atoms with E-state index in [1.807, 2.05) is 13.8 Å². The second-order valence-electron chi connectivity index (χ2n) is 5.75. The van der Waals surface area contributed by atoms with E-state index in [0.29, 0.717) is 10.7 Å². The van der Waals surface area contributed by atoms with E-state index < -0.39 is 9.84 Å². The van der Waals surface area contributed by atoms with Crippen LogP contribution in [0.4, 0.5) is 0 Å². The Balaban J connectivity index is 2.53. The maximum Gasteiger partial charge on any atom is 0.164 e. The molecule has 1 rings (SSSR count). The largest absolute Gasteiger partial charge is 0.393 e. The van der Waals surface area contributed by atoms with E-state index in [4.69, 9.17) is 18.0 Å². The molecule has 19 heavy (non-hydrogen) atoms. The number of nitrogens with zero attached hydrogens (tertiary/aromatic N) is 1. The number of hydrogen-bond donors (Lipinski definition) is 1. The van der Waals surface area contributed by atoms with E-state index in [-0.39, 0.29) is 10.8 Å². The minimum Gasteiger partial charge on any atom is -0.393 e. The number of thioether (sulfide) groups is 1. The van der Waals surface area contributed by atoms with Gasteiger partial charge in [0.05, 0.1) is 4.99 Å². The van der Waals surface area contributed by atoms with Crippen LogP contribution in [0.1, 0.15) is 26.7 Å². The van der Waals surface area contributed by atoms with Gasteiger partial charge in [-0.15, -0.1) is 0 Å². The molecule has 0 spiro atoms. The fourth-order valence-corrected chi connectivity index (χ4v) is 5.19. The lowest BCUT2D eigenvalue weighted by molar-refractivity contribution is 0.255. The Kier molecular flexibility index (Phi) is 6.10. The fraction of sp³-hybridized carbons (Fsp3) is 0.917. The monoisotopic (exact) mass is 324 g/mol. The summed E-state index contributed by atoms with van der Waals surface area (Å²) in [5.74, 6) is 1.68. The first-order valence-electron chi connectivity index (χ1n) is 6.45. The molecule has 0 bridgehead atoms. The molecule has 1 atom stereocenters. The Labute approximate surface area is 126 Å². The lowest BCUT2D eigenvalue weighted by Crippen LogP contribution is -2.47. The summed E-state index contributed by atoms with van der Waals surface area (Å²) >= 11 is 6.76. The Morgan fingerprint density at radius 2 is 2.16 bits per heavy atom. The first kappa shape index (κ1) is 17.2. The summed E-state index contributed by atoms with van der Waals surface area (Å²) in [5, 5.41) is -0.334. The molecule has 0 radical (unpaired) electrons. The Hall–Kier alpha value is 0.150. The van der Waals surface area contributed by atoms with Crippen LogP contribution >= 0.6 is 24.0 Å². The molecule has 2 N–H and O–H groups in total. The third-order valence-electron chi connectivity index (χ3n) is 3.60. The highest BCUT2D eigenvalue weighted by Crippen LogP contribution is 2.25. The van der Waals surface area contributed by atoms with Gasteiger partial charge < -0.3 is 5.73 Å². The zero-order valence-electron chi connectivity index (χ0n) is 11.9. The number of hydrogen-bond acceptors (Lipinski definition) is 5. The van der Waals surface area contributed by atoms with Gasteiger partial charge in [-0.05, 0) is 19.4 Å². The summed E-state index contributed by atoms with van der Waals surface area (Å²) in [4.78, 5) is 2.61. The standard InChI is InChI=1S/C12H24N2O2S3/c1-12(2,11(13)17)5-4-6-14-7-8-18-9-10(14)19(3,15)16/h10H,4-9H2,1-3H3,(H2,13,17). The van der Waals surface area contributed by atoms with E-state index in [1.54, 1.807) is 11.8 Å². The molecular weight excluding hydrogens is 300 g/mol. The summed E-state index contributed by atoms with van der Waals surface area (Å²) in [6.07, 6.45) is 3.14. The molecule has 112 valence electrons. The normalized spacial score (nSPS) is 22.4. The predicted octanol–water partition coefficient (Wildman–Crippen LogP) is 1.50. The van der Waals surface area contributed by atoms with Crippen molar-refractivity contribution < 1.29 is 8.42 Å². The van der Waals surface area contributed by atoms with Gasteiger partial charge in [0.15, 0.2) is 9.84 Å². The fourth-order valence-electron chi connectivity index (χ4n) is 2.11. The van der Waals surface area contributed by atoms with Crippen LogP contribution < -0.4 is 5.73 Å². The minimum absolute atomic E-state index is 0.152. The smallest absolute Gasteiger partial charge is 0.164 e. The van der Waals surface area contributed by atoms with Gasteiger partial charge in [-0.25, -0.2) is 8.42 Å². The van der Waals surface area contributed by atoms with Crippen molar-refractivity contribution >= 4 is 38.8 Å². The maximum absolute atomic E-state index is 11.8. The van der Waals surface area contributed by atoms with Crippen molar-refractivity contribution in [3.8, 4) is 0 Å². The van der Waals surface area contributed by atoms with Crippen molar-refractivity contribution in [3.05, 3.63) is 0 Å². The number of rotatable bonds is 6. The zero-order valence-corrected chi connectivity index (χ0v) is 14.3. The van der Waals surface area contributed by atoms with Gasteiger partial charge in [0, 0.05) is 29.7 Å². The quantitative estimate of drug-likeness (QED) is 0.747. The molecule has 0 aromatic heterocycles. The van der Waals surface area contributed by atoms with Gasteiger partial charge in [-0.1, -0.05) is 26.1 Å². The van der Waals surface area contributed by atoms with Crippen LogP contribution in [0.5, 0.6) is 0 Å². The molecule has 1 aliphatic rings. The summed E-state index contributed by atoms with van der Waals surface area (Å²) in [6.45, 7) is 5.71. The highest BCUT2D eigenvalue weighted by molar-refractivity contribution is 8.00. The van der Waals surface area contributed by atoms with E-state index in [1.165, 1.54) is 6.26 Å². The SMILES string of the molecule is CC(C)(CCCN1CCSCC1S(C)(=O)=O)C(N)=S. The van der Waals surface area contributed by atoms with Crippen LogP contribution in [0.2, 0.25) is 0 Å². The molecule has 1 unspecified atom stereocenters. The molecule has 0 aliphatic carbocycles. The van der Waals surface area contributed by atoms with Crippen molar-refractivity contribution in [2.24, 2.45) is 11.1 Å². The van der Waals surface area contributed by atoms with Crippen LogP contribution in [0, 0.1) is 5.41 Å². The van der Waals surface area contributed by atoms with Crippen LogP contribution in [0.15, 0.2) is 0 Å². The van der Waals surface area contributed by atoms with Gasteiger partial charge in [-0.2, -0.15) is 11.8 Å². The summed E-state index contributed by atoms with van der Waals surface area (Å²) in [6, 6.07) is 0. The molecule has 1 aliphatic heterocycles. The number of sulfone groups is 1. The Morgan fingerprint density at radius 3 is 2.68 bits per heavy atom. The minimum atomic E-state index is -3.00. The van der Waals surface area contributed by atoms with Crippen molar-refractivity contribution in [3.63, 3.8) is 0 Å². The van der Waals surface area contributed by atoms with Crippen LogP contribution in [-0.4, -0.2) is 54.5 Å². The van der Waals surface area contributed by atoms with Crippen molar-refractivity contribution in [2.45, 2.75) is 32.1 Å². The van der Waals surface area contributed by atoms with Crippen LogP contribution in [0.25, 0.3) is 0 Å². The molecule has 4 nitrogen and oxygen atoms in total. The lowest BCUT2D eigenvalue weighted by atomic mass is 9.88. The van der Waals surface area contributed by atoms with E-state index >= 15 is 0 Å². The van der Waals surface area contributed by atoms with Gasteiger partial charge >= 0.3 is 0 Å². The van der Waals surface area contributed by atoms with Crippen molar-refractivity contribution in [2.75, 3.05) is 30.9 Å². The Morgan fingerprint density at radius 1 is 1.53 bits per heavy atom. The third kappa shape index (κ3) is 5.21. The van der Waals surface area contributed by atoms with Gasteiger partial charge in [0.1, 0.15) is 5.37 Å². The molecule has 1 fully saturated rings. The summed E-state index contributed by atoms with van der Waals surface area (Å²) in [5.41, 5.74) is 5.55. The molecule has 0 aromatic carbocycles. The second kappa shape index (κ2) is 6.74. The Bertz CT molecular complexity index is 421. The topological polar surface area (TPSA) is 63.4 Å². The highest BCUT2D eigenvalue weighted by Gasteiger charge is 2.31. The molecule has 0 aromatic rings. The second-order valence-corrected chi connectivity index (χ2v) is 9.54. The van der Waals surface area contributed by atoms with E-state index in [0.717, 1.165) is 31.7 Å². The summed E-state index contributed by atoms with van der Waals surface area (Å²) in [7, 11) is -3.00. The number of nitrogens with two attached hydrogens (primary N) is 1. The van der Waals surface area contributed by atoms with Crippen molar-refractivity contribution in [1.29, 1.82) is 0 Å². The van der Waals surface area contributed by atoms with Crippen LogP contribution in [0.3, 0.4) is 0 Å². The molecule has 0 amide bonds. The molecule has 1 saturated heterocycles. The summed E-state index contributed by atoms with van der Waals surface area (Å²) < 4.78 is 23.5. The van der Waals surface area contributed by atoms with E-state index in [9.17, 15) is 8.42 Å². The molecular formula is C12H24N2O2S3. The lowest BCUT2D eigenvalue weighted by Gasteiger charge is -2.34. The average molecular weight is 325 g/mol. The van der Waals surface area contributed by atoms with Crippen LogP contribution in [-0.2, 0) is 9.84 Å². The van der Waals surface area contributed by atoms with Gasteiger partial charge in [0.2, 0.25) is 0 Å². The van der Waals surface area contributed by atoms with E-state index in [2.05, 4.69) is 4.90 Å². The maximum atomic E-state index is 11.8. The van der Waals surface area contributed by atoms with Crippen molar-refractivity contribution in [1.82, 2.24) is 4.90 Å². The molecule has 7 heteroatoms. The molecule has 1 heterocycles. The third-order valence-corrected chi connectivity index (χ3v) is 6.84. The molecule has 0 saturated carbocycles. The first-order chi connectivity index (χ1) is 8.64.